The van der Waals surface area contributed by atoms with Crippen molar-refractivity contribution in [2.45, 2.75) is 31.2 Å². The SMILES string of the molecule is Cc1cc(C(=O)CN2C(=O)N[C@](C)(c3ccc(S(C)(=O)=O)cc3)C2=O)c(C)n1-c1nccs1. The maximum Gasteiger partial charge on any atom is 0.325 e. The Morgan fingerprint density at radius 3 is 2.42 bits per heavy atom. The molecule has 11 heteroatoms. The van der Waals surface area contributed by atoms with E-state index in [1.165, 1.54) is 42.5 Å². The van der Waals surface area contributed by atoms with E-state index >= 15 is 0 Å². The van der Waals surface area contributed by atoms with Crippen LogP contribution in [0.3, 0.4) is 0 Å². The zero-order valence-corrected chi connectivity index (χ0v) is 20.1. The molecule has 1 saturated heterocycles. The largest absolute Gasteiger partial charge is 0.325 e. The number of carbonyl (C=O) groups is 3. The Morgan fingerprint density at radius 1 is 1.18 bits per heavy atom. The van der Waals surface area contributed by atoms with Crippen molar-refractivity contribution in [2.75, 3.05) is 12.8 Å². The van der Waals surface area contributed by atoms with E-state index in [2.05, 4.69) is 10.3 Å². The van der Waals surface area contributed by atoms with Gasteiger partial charge in [-0.15, -0.1) is 11.3 Å². The van der Waals surface area contributed by atoms with Gasteiger partial charge in [0.25, 0.3) is 5.91 Å². The first-order valence-electron chi connectivity index (χ1n) is 10.00. The number of rotatable bonds is 6. The molecule has 4 rings (SSSR count). The summed E-state index contributed by atoms with van der Waals surface area (Å²) in [7, 11) is -3.40. The maximum absolute atomic E-state index is 13.2. The van der Waals surface area contributed by atoms with Crippen molar-refractivity contribution in [1.29, 1.82) is 0 Å². The van der Waals surface area contributed by atoms with Crippen LogP contribution in [-0.2, 0) is 20.2 Å². The molecular formula is C22H22N4O5S2. The maximum atomic E-state index is 13.2. The van der Waals surface area contributed by atoms with Gasteiger partial charge in [0.15, 0.2) is 20.8 Å². The van der Waals surface area contributed by atoms with Crippen LogP contribution in [0, 0.1) is 13.8 Å². The Labute approximate surface area is 195 Å². The van der Waals surface area contributed by atoms with Crippen LogP contribution in [-0.4, -0.2) is 53.4 Å². The molecule has 0 spiro atoms. The Morgan fingerprint density at radius 2 is 1.85 bits per heavy atom. The number of sulfone groups is 1. The van der Waals surface area contributed by atoms with E-state index in [1.807, 2.05) is 16.9 Å². The molecule has 0 saturated carbocycles. The lowest BCUT2D eigenvalue weighted by atomic mass is 9.92. The van der Waals surface area contributed by atoms with Crippen molar-refractivity contribution in [3.8, 4) is 5.13 Å². The quantitative estimate of drug-likeness (QED) is 0.423. The van der Waals surface area contributed by atoms with Gasteiger partial charge in [-0.25, -0.2) is 18.2 Å². The van der Waals surface area contributed by atoms with Gasteiger partial charge in [-0.3, -0.25) is 19.1 Å². The molecule has 33 heavy (non-hydrogen) atoms. The molecule has 1 aliphatic rings. The highest BCUT2D eigenvalue weighted by molar-refractivity contribution is 7.90. The number of amides is 3. The predicted molar refractivity (Wildman–Crippen MR) is 122 cm³/mol. The van der Waals surface area contributed by atoms with E-state index in [0.717, 1.165) is 22.0 Å². The number of thiazole rings is 1. The zero-order valence-electron chi connectivity index (χ0n) is 18.4. The van der Waals surface area contributed by atoms with E-state index in [-0.39, 0.29) is 10.7 Å². The van der Waals surface area contributed by atoms with Gasteiger partial charge in [0.1, 0.15) is 5.54 Å². The van der Waals surface area contributed by atoms with E-state index in [9.17, 15) is 22.8 Å². The van der Waals surface area contributed by atoms with Crippen LogP contribution >= 0.6 is 11.3 Å². The summed E-state index contributed by atoms with van der Waals surface area (Å²) in [4.78, 5) is 44.2. The van der Waals surface area contributed by atoms with Gasteiger partial charge >= 0.3 is 6.03 Å². The fourth-order valence-electron chi connectivity index (χ4n) is 3.97. The number of carbonyl (C=O) groups excluding carboxylic acids is 3. The second-order valence-electron chi connectivity index (χ2n) is 8.10. The third-order valence-electron chi connectivity index (χ3n) is 5.78. The molecule has 1 aliphatic heterocycles. The van der Waals surface area contributed by atoms with Gasteiger partial charge in [-0.2, -0.15) is 0 Å². The van der Waals surface area contributed by atoms with E-state index in [4.69, 9.17) is 0 Å². The smallest absolute Gasteiger partial charge is 0.319 e. The third kappa shape index (κ3) is 3.87. The number of Topliss-reactive ketones (excluding diaryl/α,β-unsaturated/α-hetero) is 1. The number of urea groups is 1. The number of aromatic nitrogens is 2. The summed E-state index contributed by atoms with van der Waals surface area (Å²) in [5, 5.41) is 5.20. The lowest BCUT2D eigenvalue weighted by Gasteiger charge is -2.22. The number of hydrogen-bond donors (Lipinski definition) is 1. The normalized spacial score (nSPS) is 18.6. The predicted octanol–water partition coefficient (Wildman–Crippen LogP) is 2.60. The topological polar surface area (TPSA) is 118 Å². The molecule has 1 N–H and O–H groups in total. The highest BCUT2D eigenvalue weighted by atomic mass is 32.2. The van der Waals surface area contributed by atoms with Crippen molar-refractivity contribution in [3.05, 3.63) is 64.4 Å². The van der Waals surface area contributed by atoms with Crippen LogP contribution in [0.5, 0.6) is 0 Å². The highest BCUT2D eigenvalue weighted by Gasteiger charge is 2.49. The van der Waals surface area contributed by atoms with Gasteiger partial charge in [0.2, 0.25) is 0 Å². The molecule has 0 aliphatic carbocycles. The summed E-state index contributed by atoms with van der Waals surface area (Å²) >= 11 is 1.44. The molecular weight excluding hydrogens is 464 g/mol. The molecule has 1 atom stereocenters. The van der Waals surface area contributed by atoms with Gasteiger partial charge in [0, 0.05) is 34.8 Å². The van der Waals surface area contributed by atoms with Gasteiger partial charge in [0.05, 0.1) is 11.4 Å². The van der Waals surface area contributed by atoms with E-state index in [1.54, 1.807) is 19.2 Å². The number of nitrogens with one attached hydrogen (secondary N) is 1. The van der Waals surface area contributed by atoms with Gasteiger partial charge in [-0.1, -0.05) is 12.1 Å². The summed E-state index contributed by atoms with van der Waals surface area (Å²) in [6.45, 7) is 4.77. The Hall–Kier alpha value is -3.31. The molecule has 3 amide bonds. The average Bonchev–Trinajstić information content (AvgIpc) is 3.42. The molecule has 3 aromatic rings. The van der Waals surface area contributed by atoms with Crippen molar-refractivity contribution in [1.82, 2.24) is 19.8 Å². The first kappa shape index (κ1) is 22.9. The second-order valence-corrected chi connectivity index (χ2v) is 11.0. The van der Waals surface area contributed by atoms with Crippen LogP contribution in [0.15, 0.2) is 46.8 Å². The first-order chi connectivity index (χ1) is 15.4. The zero-order chi connectivity index (χ0) is 24.1. The number of hydrogen-bond acceptors (Lipinski definition) is 7. The lowest BCUT2D eigenvalue weighted by Crippen LogP contribution is -2.41. The van der Waals surface area contributed by atoms with Gasteiger partial charge in [-0.05, 0) is 44.5 Å². The van der Waals surface area contributed by atoms with Crippen molar-refractivity contribution in [3.63, 3.8) is 0 Å². The minimum atomic E-state index is -3.40. The number of ketones is 1. The fraction of sp³-hybridized carbons (Fsp3) is 0.273. The van der Waals surface area contributed by atoms with Crippen LogP contribution in [0.2, 0.25) is 0 Å². The van der Waals surface area contributed by atoms with Gasteiger partial charge < -0.3 is 5.32 Å². The molecule has 9 nitrogen and oxygen atoms in total. The van der Waals surface area contributed by atoms with E-state index < -0.39 is 33.9 Å². The van der Waals surface area contributed by atoms with Crippen LogP contribution in [0.4, 0.5) is 4.79 Å². The monoisotopic (exact) mass is 486 g/mol. The number of imide groups is 1. The summed E-state index contributed by atoms with van der Waals surface area (Å²) in [5.41, 5.74) is 0.919. The van der Waals surface area contributed by atoms with Crippen LogP contribution in [0.25, 0.3) is 5.13 Å². The summed E-state index contributed by atoms with van der Waals surface area (Å²) < 4.78 is 25.3. The fourth-order valence-corrected chi connectivity index (χ4v) is 5.35. The number of benzene rings is 1. The third-order valence-corrected chi connectivity index (χ3v) is 7.66. The second kappa shape index (κ2) is 7.92. The summed E-state index contributed by atoms with van der Waals surface area (Å²) in [6, 6.07) is 6.79. The molecule has 0 bridgehead atoms. The summed E-state index contributed by atoms with van der Waals surface area (Å²) in [6.07, 6.45) is 2.77. The Balaban J connectivity index is 1.59. The first-order valence-corrected chi connectivity index (χ1v) is 12.8. The standard InChI is InChI=1S/C22H22N4O5S2/c1-13-11-17(14(2)26(13)21-23-9-10-32-21)18(27)12-25-19(28)22(3,24-20(25)29)15-5-7-16(8-6-15)33(4,30)31/h5-11H,12H2,1-4H3,(H,24,29)/t22-/m1/s1. The van der Waals surface area contributed by atoms with Crippen LogP contribution < -0.4 is 5.32 Å². The minimum absolute atomic E-state index is 0.106. The van der Waals surface area contributed by atoms with Crippen molar-refractivity contribution in [2.24, 2.45) is 0 Å². The Kier molecular flexibility index (Phi) is 5.49. The lowest BCUT2D eigenvalue weighted by molar-refractivity contribution is -0.130. The van der Waals surface area contributed by atoms with E-state index in [0.29, 0.717) is 16.8 Å². The number of aryl methyl sites for hydroxylation is 1. The van der Waals surface area contributed by atoms with Crippen molar-refractivity contribution < 1.29 is 22.8 Å². The molecule has 0 unspecified atom stereocenters. The Bertz CT molecular complexity index is 1370. The molecule has 1 fully saturated rings. The highest BCUT2D eigenvalue weighted by Crippen LogP contribution is 2.30. The van der Waals surface area contributed by atoms with Crippen LogP contribution in [0.1, 0.15) is 34.2 Å². The molecule has 2 aromatic heterocycles. The summed E-state index contributed by atoms with van der Waals surface area (Å²) in [5.74, 6) is -0.951. The molecule has 1 aromatic carbocycles. The number of nitrogens with zero attached hydrogens (tertiary/aromatic N) is 3. The van der Waals surface area contributed by atoms with Crippen molar-refractivity contribution >= 4 is 38.9 Å². The molecule has 172 valence electrons. The molecule has 0 radical (unpaired) electrons. The average molecular weight is 487 g/mol. The molecule has 3 heterocycles. The minimum Gasteiger partial charge on any atom is -0.319 e.